The second-order valence-electron chi connectivity index (χ2n) is 7.33. The average molecular weight is 399 g/mol. The third-order valence-electron chi connectivity index (χ3n) is 5.49. The van der Waals surface area contributed by atoms with Crippen molar-refractivity contribution in [3.63, 3.8) is 0 Å². The van der Waals surface area contributed by atoms with E-state index in [-0.39, 0.29) is 16.7 Å². The SMILES string of the molecule is Cc1cc(S(=O)(=O)N2CCC(C(=O)N3CCCCCC3)CC2)ccc1Cl. The summed E-state index contributed by atoms with van der Waals surface area (Å²) in [6.45, 7) is 4.29. The van der Waals surface area contributed by atoms with Crippen LogP contribution in [-0.2, 0) is 14.8 Å². The quantitative estimate of drug-likeness (QED) is 0.783. The fourth-order valence-electron chi connectivity index (χ4n) is 3.82. The molecule has 2 aliphatic heterocycles. The maximum absolute atomic E-state index is 12.9. The monoisotopic (exact) mass is 398 g/mol. The van der Waals surface area contributed by atoms with Gasteiger partial charge in [-0.25, -0.2) is 8.42 Å². The molecule has 2 fully saturated rings. The number of carbonyl (C=O) groups is 1. The van der Waals surface area contributed by atoms with Crippen molar-refractivity contribution in [2.75, 3.05) is 26.2 Å². The lowest BCUT2D eigenvalue weighted by Gasteiger charge is -2.33. The zero-order valence-electron chi connectivity index (χ0n) is 15.3. The maximum Gasteiger partial charge on any atom is 0.243 e. The highest BCUT2D eigenvalue weighted by Crippen LogP contribution is 2.27. The Hall–Kier alpha value is -1.11. The maximum atomic E-state index is 12.9. The summed E-state index contributed by atoms with van der Waals surface area (Å²) in [5, 5.41) is 0.561. The van der Waals surface area contributed by atoms with Gasteiger partial charge in [-0.3, -0.25) is 4.79 Å². The summed E-state index contributed by atoms with van der Waals surface area (Å²) < 4.78 is 27.2. The van der Waals surface area contributed by atoms with E-state index in [0.29, 0.717) is 31.0 Å². The second-order valence-corrected chi connectivity index (χ2v) is 9.67. The number of carbonyl (C=O) groups excluding carboxylic acids is 1. The van der Waals surface area contributed by atoms with Crippen molar-refractivity contribution in [2.24, 2.45) is 5.92 Å². The summed E-state index contributed by atoms with van der Waals surface area (Å²) in [6, 6.07) is 4.80. The van der Waals surface area contributed by atoms with E-state index in [1.807, 2.05) is 4.90 Å². The summed E-state index contributed by atoms with van der Waals surface area (Å²) in [6.07, 6.45) is 5.74. The first-order chi connectivity index (χ1) is 12.4. The molecular formula is C19H27ClN2O3S. The minimum Gasteiger partial charge on any atom is -0.342 e. The molecule has 0 spiro atoms. The summed E-state index contributed by atoms with van der Waals surface area (Å²) in [7, 11) is -3.53. The first-order valence-corrected chi connectivity index (χ1v) is 11.3. The predicted octanol–water partition coefficient (Wildman–Crippen LogP) is 3.45. The largest absolute Gasteiger partial charge is 0.342 e. The number of hydrogen-bond acceptors (Lipinski definition) is 3. The lowest BCUT2D eigenvalue weighted by Crippen LogP contribution is -2.44. The highest BCUT2D eigenvalue weighted by atomic mass is 35.5. The molecule has 0 saturated carbocycles. The van der Waals surface area contributed by atoms with Crippen molar-refractivity contribution in [1.82, 2.24) is 9.21 Å². The summed E-state index contributed by atoms with van der Waals surface area (Å²) in [5.74, 6) is 0.165. The number of sulfonamides is 1. The highest BCUT2D eigenvalue weighted by Gasteiger charge is 2.34. The van der Waals surface area contributed by atoms with E-state index < -0.39 is 10.0 Å². The highest BCUT2D eigenvalue weighted by molar-refractivity contribution is 7.89. The molecule has 26 heavy (non-hydrogen) atoms. The predicted molar refractivity (Wildman–Crippen MR) is 103 cm³/mol. The molecule has 2 saturated heterocycles. The molecule has 1 amide bonds. The van der Waals surface area contributed by atoms with Gasteiger partial charge in [-0.15, -0.1) is 0 Å². The van der Waals surface area contributed by atoms with Gasteiger partial charge < -0.3 is 4.90 Å². The lowest BCUT2D eigenvalue weighted by molar-refractivity contribution is -0.136. The number of nitrogens with zero attached hydrogens (tertiary/aromatic N) is 2. The number of likely N-dealkylation sites (tertiary alicyclic amines) is 1. The van der Waals surface area contributed by atoms with E-state index in [1.54, 1.807) is 25.1 Å². The third-order valence-corrected chi connectivity index (χ3v) is 7.81. The van der Waals surface area contributed by atoms with Crippen LogP contribution in [-0.4, -0.2) is 49.7 Å². The van der Waals surface area contributed by atoms with Crippen LogP contribution in [0.25, 0.3) is 0 Å². The van der Waals surface area contributed by atoms with Crippen LogP contribution in [0.3, 0.4) is 0 Å². The molecule has 0 unspecified atom stereocenters. The van der Waals surface area contributed by atoms with Crippen molar-refractivity contribution < 1.29 is 13.2 Å². The Balaban J connectivity index is 1.63. The van der Waals surface area contributed by atoms with Crippen LogP contribution >= 0.6 is 11.6 Å². The molecule has 0 aliphatic carbocycles. The Morgan fingerprint density at radius 1 is 1.04 bits per heavy atom. The van der Waals surface area contributed by atoms with Gasteiger partial charge in [0.05, 0.1) is 4.90 Å². The Morgan fingerprint density at radius 3 is 2.23 bits per heavy atom. The van der Waals surface area contributed by atoms with Crippen LogP contribution in [0, 0.1) is 12.8 Å². The van der Waals surface area contributed by atoms with Crippen LogP contribution in [0.2, 0.25) is 5.02 Å². The molecule has 2 heterocycles. The average Bonchev–Trinajstić information content (AvgIpc) is 2.93. The molecule has 0 N–H and O–H groups in total. The Kier molecular flexibility index (Phi) is 6.25. The van der Waals surface area contributed by atoms with Gasteiger partial charge in [0.25, 0.3) is 0 Å². The molecule has 2 aliphatic rings. The molecule has 5 nitrogen and oxygen atoms in total. The molecule has 7 heteroatoms. The van der Waals surface area contributed by atoms with E-state index >= 15 is 0 Å². The van der Waals surface area contributed by atoms with E-state index in [9.17, 15) is 13.2 Å². The Morgan fingerprint density at radius 2 is 1.65 bits per heavy atom. The standard InChI is InChI=1S/C19H27ClN2O3S/c1-15-14-17(6-7-18(15)20)26(24,25)22-12-8-16(9-13-22)19(23)21-10-4-2-3-5-11-21/h6-7,14,16H,2-5,8-13H2,1H3. The van der Waals surface area contributed by atoms with E-state index in [1.165, 1.54) is 17.1 Å². The van der Waals surface area contributed by atoms with E-state index in [0.717, 1.165) is 31.5 Å². The van der Waals surface area contributed by atoms with Crippen LogP contribution in [0.4, 0.5) is 0 Å². The summed E-state index contributed by atoms with van der Waals surface area (Å²) in [4.78, 5) is 15.0. The Bertz CT molecular complexity index is 750. The zero-order valence-corrected chi connectivity index (χ0v) is 16.9. The van der Waals surface area contributed by atoms with Crippen LogP contribution in [0.5, 0.6) is 0 Å². The van der Waals surface area contributed by atoms with Gasteiger partial charge >= 0.3 is 0 Å². The number of amides is 1. The second kappa shape index (κ2) is 8.28. The van der Waals surface area contributed by atoms with Gasteiger partial charge in [0.1, 0.15) is 0 Å². The Labute approximate surface area is 161 Å². The van der Waals surface area contributed by atoms with E-state index in [2.05, 4.69) is 0 Å². The molecule has 144 valence electrons. The molecule has 1 aromatic carbocycles. The smallest absolute Gasteiger partial charge is 0.243 e. The third kappa shape index (κ3) is 4.24. The normalized spacial score (nSPS) is 20.8. The van der Waals surface area contributed by atoms with Crippen LogP contribution < -0.4 is 0 Å². The van der Waals surface area contributed by atoms with Gasteiger partial charge in [0, 0.05) is 37.1 Å². The first-order valence-electron chi connectivity index (χ1n) is 9.44. The van der Waals surface area contributed by atoms with Gasteiger partial charge in [-0.1, -0.05) is 24.4 Å². The first kappa shape index (κ1) is 19.6. The van der Waals surface area contributed by atoms with Gasteiger partial charge in [0.2, 0.25) is 15.9 Å². The van der Waals surface area contributed by atoms with E-state index in [4.69, 9.17) is 11.6 Å². The van der Waals surface area contributed by atoms with Crippen molar-refractivity contribution >= 4 is 27.5 Å². The van der Waals surface area contributed by atoms with Crippen molar-refractivity contribution in [3.8, 4) is 0 Å². The number of halogens is 1. The molecule has 3 rings (SSSR count). The fourth-order valence-corrected chi connectivity index (χ4v) is 5.49. The topological polar surface area (TPSA) is 57.7 Å². The number of aryl methyl sites for hydroxylation is 1. The van der Waals surface area contributed by atoms with Crippen molar-refractivity contribution in [2.45, 2.75) is 50.3 Å². The summed E-state index contributed by atoms with van der Waals surface area (Å²) in [5.41, 5.74) is 0.749. The molecule has 0 bridgehead atoms. The van der Waals surface area contributed by atoms with Gasteiger partial charge in [-0.2, -0.15) is 4.31 Å². The molecule has 1 aromatic rings. The van der Waals surface area contributed by atoms with Gasteiger partial charge in [-0.05, 0) is 56.4 Å². The molecule has 0 aromatic heterocycles. The van der Waals surface area contributed by atoms with Gasteiger partial charge in [0.15, 0.2) is 0 Å². The minimum absolute atomic E-state index is 0.0495. The molecule has 0 radical (unpaired) electrons. The fraction of sp³-hybridized carbons (Fsp3) is 0.632. The van der Waals surface area contributed by atoms with Crippen LogP contribution in [0.15, 0.2) is 23.1 Å². The number of piperidine rings is 1. The number of hydrogen-bond donors (Lipinski definition) is 0. The summed E-state index contributed by atoms with van der Waals surface area (Å²) >= 11 is 6.01. The van der Waals surface area contributed by atoms with Crippen molar-refractivity contribution in [1.29, 1.82) is 0 Å². The molecule has 0 atom stereocenters. The minimum atomic E-state index is -3.53. The zero-order chi connectivity index (χ0) is 18.7. The van der Waals surface area contributed by atoms with Crippen molar-refractivity contribution in [3.05, 3.63) is 28.8 Å². The molecular weight excluding hydrogens is 372 g/mol. The van der Waals surface area contributed by atoms with Crippen LogP contribution in [0.1, 0.15) is 44.1 Å². The number of benzene rings is 1. The lowest BCUT2D eigenvalue weighted by atomic mass is 9.96. The number of rotatable bonds is 3.